The van der Waals surface area contributed by atoms with Crippen molar-refractivity contribution >= 4 is 29.0 Å². The number of anilines is 2. The minimum atomic E-state index is -0.306. The lowest BCUT2D eigenvalue weighted by Gasteiger charge is -2.36. The first kappa shape index (κ1) is 20.9. The van der Waals surface area contributed by atoms with E-state index in [4.69, 9.17) is 11.6 Å². The first-order chi connectivity index (χ1) is 15.1. The van der Waals surface area contributed by atoms with Gasteiger partial charge in [0.1, 0.15) is 12.4 Å². The normalized spacial score (nSPS) is 13.8. The summed E-state index contributed by atoms with van der Waals surface area (Å²) in [5.74, 6) is 0.409. The summed E-state index contributed by atoms with van der Waals surface area (Å²) in [6, 6.07) is 20.8. The maximum atomic E-state index is 12.4. The van der Waals surface area contributed by atoms with Crippen LogP contribution in [0.2, 0.25) is 5.02 Å². The van der Waals surface area contributed by atoms with Crippen molar-refractivity contribution in [2.45, 2.75) is 13.1 Å². The first-order valence-electron chi connectivity index (χ1n) is 10.2. The summed E-state index contributed by atoms with van der Waals surface area (Å²) in [7, 11) is 0. The molecule has 1 aliphatic heterocycles. The van der Waals surface area contributed by atoms with Crippen LogP contribution in [0.25, 0.3) is 0 Å². The minimum absolute atomic E-state index is 0.138. The van der Waals surface area contributed by atoms with Gasteiger partial charge in [0.2, 0.25) is 5.91 Å². The number of nitrogens with one attached hydrogen (secondary N) is 1. The third kappa shape index (κ3) is 5.24. The number of hydrogen-bond acceptors (Lipinski definition) is 5. The predicted octanol–water partition coefficient (Wildman–Crippen LogP) is 2.54. The Morgan fingerprint density at radius 2 is 1.58 bits per heavy atom. The van der Waals surface area contributed by atoms with E-state index in [1.165, 1.54) is 16.4 Å². The van der Waals surface area contributed by atoms with E-state index in [-0.39, 0.29) is 18.0 Å². The van der Waals surface area contributed by atoms with Gasteiger partial charge in [-0.05, 0) is 29.8 Å². The zero-order chi connectivity index (χ0) is 21.6. The molecule has 0 saturated carbocycles. The number of piperazine rings is 1. The molecule has 0 radical (unpaired) electrons. The van der Waals surface area contributed by atoms with Gasteiger partial charge in [-0.3, -0.25) is 9.59 Å². The summed E-state index contributed by atoms with van der Waals surface area (Å²) < 4.78 is 1.21. The summed E-state index contributed by atoms with van der Waals surface area (Å²) in [4.78, 5) is 29.1. The third-order valence-corrected chi connectivity index (χ3v) is 5.67. The molecule has 0 bridgehead atoms. The topological polar surface area (TPSA) is 70.5 Å². The monoisotopic (exact) mass is 437 g/mol. The quantitative estimate of drug-likeness (QED) is 0.641. The van der Waals surface area contributed by atoms with Crippen LogP contribution in [0.5, 0.6) is 0 Å². The number of benzene rings is 2. The predicted molar refractivity (Wildman–Crippen MR) is 123 cm³/mol. The van der Waals surface area contributed by atoms with Crippen LogP contribution < -0.4 is 20.7 Å². The number of amides is 1. The smallest absolute Gasteiger partial charge is 0.267 e. The first-order valence-corrected chi connectivity index (χ1v) is 10.6. The molecule has 1 N–H and O–H groups in total. The largest absolute Gasteiger partial charge is 0.368 e. The highest BCUT2D eigenvalue weighted by atomic mass is 35.5. The summed E-state index contributed by atoms with van der Waals surface area (Å²) in [6.07, 6.45) is 0. The molecule has 0 atom stereocenters. The van der Waals surface area contributed by atoms with Crippen molar-refractivity contribution in [1.82, 2.24) is 15.1 Å². The van der Waals surface area contributed by atoms with Crippen molar-refractivity contribution < 1.29 is 4.79 Å². The fourth-order valence-electron chi connectivity index (χ4n) is 3.58. The molecule has 0 aliphatic carbocycles. The molecule has 1 fully saturated rings. The number of carbonyl (C=O) groups is 1. The van der Waals surface area contributed by atoms with Gasteiger partial charge in [0.25, 0.3) is 5.56 Å². The molecule has 0 spiro atoms. The molecule has 8 heteroatoms. The van der Waals surface area contributed by atoms with E-state index < -0.39 is 0 Å². The number of carbonyl (C=O) groups excluding carboxylic acids is 1. The van der Waals surface area contributed by atoms with E-state index >= 15 is 0 Å². The van der Waals surface area contributed by atoms with Crippen molar-refractivity contribution in [3.63, 3.8) is 0 Å². The number of halogens is 1. The second-order valence-corrected chi connectivity index (χ2v) is 7.77. The van der Waals surface area contributed by atoms with E-state index in [9.17, 15) is 9.59 Å². The molecule has 2 heterocycles. The van der Waals surface area contributed by atoms with Crippen molar-refractivity contribution in [3.05, 3.63) is 87.7 Å². The highest BCUT2D eigenvalue weighted by molar-refractivity contribution is 6.31. The Labute approximate surface area is 185 Å². The lowest BCUT2D eigenvalue weighted by molar-refractivity contribution is -0.122. The number of rotatable bonds is 6. The van der Waals surface area contributed by atoms with Crippen LogP contribution >= 0.6 is 11.6 Å². The number of aromatic nitrogens is 2. The second-order valence-electron chi connectivity index (χ2n) is 7.37. The summed E-state index contributed by atoms with van der Waals surface area (Å²) in [5.41, 5.74) is 1.72. The van der Waals surface area contributed by atoms with Gasteiger partial charge < -0.3 is 15.1 Å². The molecular formula is C23H24ClN5O2. The fourth-order valence-corrected chi connectivity index (χ4v) is 3.78. The standard InChI is InChI=1S/C23H24ClN5O2/c24-20-9-5-4-6-18(20)16-25-22(30)17-29-23(31)11-10-21(26-29)28-14-12-27(13-15-28)19-7-2-1-3-8-19/h1-11H,12-17H2,(H,25,30). The van der Waals surface area contributed by atoms with E-state index in [2.05, 4.69) is 32.3 Å². The Kier molecular flexibility index (Phi) is 6.52. The van der Waals surface area contributed by atoms with Crippen molar-refractivity contribution in [3.8, 4) is 0 Å². The summed E-state index contributed by atoms with van der Waals surface area (Å²) >= 11 is 6.12. The molecule has 4 rings (SSSR count). The average molecular weight is 438 g/mol. The fraction of sp³-hybridized carbons (Fsp3) is 0.261. The Morgan fingerprint density at radius 3 is 2.32 bits per heavy atom. The zero-order valence-corrected chi connectivity index (χ0v) is 17.8. The van der Waals surface area contributed by atoms with E-state index in [1.54, 1.807) is 12.1 Å². The van der Waals surface area contributed by atoms with Gasteiger partial charge in [-0.1, -0.05) is 48.0 Å². The second kappa shape index (κ2) is 9.66. The van der Waals surface area contributed by atoms with Gasteiger partial charge in [-0.15, -0.1) is 0 Å². The van der Waals surface area contributed by atoms with E-state index in [1.807, 2.05) is 36.4 Å². The van der Waals surface area contributed by atoms with Crippen LogP contribution in [-0.2, 0) is 17.9 Å². The van der Waals surface area contributed by atoms with Gasteiger partial charge >= 0.3 is 0 Å². The Balaban J connectivity index is 1.37. The molecular weight excluding hydrogens is 414 g/mol. The van der Waals surface area contributed by atoms with Crippen molar-refractivity contribution in [2.24, 2.45) is 0 Å². The Morgan fingerprint density at radius 1 is 0.903 bits per heavy atom. The van der Waals surface area contributed by atoms with Crippen molar-refractivity contribution in [2.75, 3.05) is 36.0 Å². The van der Waals surface area contributed by atoms with Crippen molar-refractivity contribution in [1.29, 1.82) is 0 Å². The number of para-hydroxylation sites is 1. The van der Waals surface area contributed by atoms with Crippen LogP contribution in [0.1, 0.15) is 5.56 Å². The molecule has 3 aromatic rings. The lowest BCUT2D eigenvalue weighted by atomic mass is 10.2. The van der Waals surface area contributed by atoms with Crippen LogP contribution in [-0.4, -0.2) is 41.9 Å². The Bertz CT molecular complexity index is 1090. The molecule has 31 heavy (non-hydrogen) atoms. The Hall–Kier alpha value is -3.32. The molecule has 7 nitrogen and oxygen atoms in total. The van der Waals surface area contributed by atoms with Gasteiger partial charge in [0, 0.05) is 49.5 Å². The lowest BCUT2D eigenvalue weighted by Crippen LogP contribution is -2.47. The maximum Gasteiger partial charge on any atom is 0.267 e. The summed E-state index contributed by atoms with van der Waals surface area (Å²) in [5, 5.41) is 7.82. The molecule has 1 aliphatic rings. The molecule has 160 valence electrons. The van der Waals surface area contributed by atoms with Gasteiger partial charge in [0.15, 0.2) is 0 Å². The third-order valence-electron chi connectivity index (χ3n) is 5.30. The summed E-state index contributed by atoms with van der Waals surface area (Å²) in [6.45, 7) is 3.47. The molecule has 1 amide bonds. The highest BCUT2D eigenvalue weighted by Gasteiger charge is 2.19. The van der Waals surface area contributed by atoms with Gasteiger partial charge in [0.05, 0.1) is 0 Å². The zero-order valence-electron chi connectivity index (χ0n) is 17.1. The van der Waals surface area contributed by atoms with Gasteiger partial charge in [-0.25, -0.2) is 4.68 Å². The molecule has 2 aromatic carbocycles. The van der Waals surface area contributed by atoms with E-state index in [0.29, 0.717) is 17.4 Å². The molecule has 0 unspecified atom stereocenters. The number of hydrogen-bond donors (Lipinski definition) is 1. The van der Waals surface area contributed by atoms with Gasteiger partial charge in [-0.2, -0.15) is 5.10 Å². The minimum Gasteiger partial charge on any atom is -0.368 e. The molecule has 1 aromatic heterocycles. The van der Waals surface area contributed by atoms with Crippen LogP contribution in [0.15, 0.2) is 71.5 Å². The highest BCUT2D eigenvalue weighted by Crippen LogP contribution is 2.18. The van der Waals surface area contributed by atoms with Crippen LogP contribution in [0, 0.1) is 0 Å². The van der Waals surface area contributed by atoms with Crippen LogP contribution in [0.3, 0.4) is 0 Å². The molecule has 1 saturated heterocycles. The average Bonchev–Trinajstić information content (AvgIpc) is 2.81. The van der Waals surface area contributed by atoms with Crippen LogP contribution in [0.4, 0.5) is 11.5 Å². The van der Waals surface area contributed by atoms with E-state index in [0.717, 1.165) is 31.7 Å². The maximum absolute atomic E-state index is 12.4. The SMILES string of the molecule is O=C(Cn1nc(N2CCN(c3ccccc3)CC2)ccc1=O)NCc1ccccc1Cl. The number of nitrogens with zero attached hydrogens (tertiary/aromatic N) is 4.